The molecule has 0 bridgehead atoms. The van der Waals surface area contributed by atoms with E-state index >= 15 is 0 Å². The number of rotatable bonds is 6. The Kier molecular flexibility index (Phi) is 6.30. The highest BCUT2D eigenvalue weighted by Crippen LogP contribution is 2.31. The normalized spacial score (nSPS) is 19.9. The molecule has 2 aliphatic heterocycles. The molecule has 1 fully saturated rings. The highest BCUT2D eigenvalue weighted by Gasteiger charge is 2.29. The predicted molar refractivity (Wildman–Crippen MR) is 107 cm³/mol. The first kappa shape index (κ1) is 20.0. The summed E-state index contributed by atoms with van der Waals surface area (Å²) < 4.78 is 11.3. The summed E-state index contributed by atoms with van der Waals surface area (Å²) in [5.74, 6) is 1.82. The Balaban J connectivity index is 1.75. The van der Waals surface area contributed by atoms with Crippen LogP contribution < -0.4 is 9.47 Å². The van der Waals surface area contributed by atoms with Gasteiger partial charge in [-0.1, -0.05) is 33.8 Å². The van der Waals surface area contributed by atoms with E-state index in [4.69, 9.17) is 9.47 Å². The Hall–Kier alpha value is -1.75. The number of fused-ring (bicyclic) bond motifs is 1. The Morgan fingerprint density at radius 3 is 2.67 bits per heavy atom. The summed E-state index contributed by atoms with van der Waals surface area (Å²) >= 11 is 0. The van der Waals surface area contributed by atoms with Crippen molar-refractivity contribution in [3.8, 4) is 11.5 Å². The van der Waals surface area contributed by atoms with Gasteiger partial charge in [0.2, 0.25) is 5.91 Å². The van der Waals surface area contributed by atoms with Crippen molar-refractivity contribution in [1.29, 1.82) is 0 Å². The first-order valence-electron chi connectivity index (χ1n) is 10.3. The molecule has 1 atom stereocenters. The van der Waals surface area contributed by atoms with Gasteiger partial charge in [0.05, 0.1) is 0 Å². The van der Waals surface area contributed by atoms with E-state index < -0.39 is 0 Å². The third-order valence-electron chi connectivity index (χ3n) is 5.35. The smallest absolute Gasteiger partial charge is 0.223 e. The van der Waals surface area contributed by atoms with Crippen molar-refractivity contribution in [3.05, 3.63) is 23.8 Å². The summed E-state index contributed by atoms with van der Waals surface area (Å²) in [7, 11) is 0. The molecule has 0 aliphatic carbocycles. The minimum atomic E-state index is -0.0117. The van der Waals surface area contributed by atoms with E-state index in [-0.39, 0.29) is 11.3 Å². The van der Waals surface area contributed by atoms with Gasteiger partial charge in [0, 0.05) is 25.6 Å². The molecule has 3 rings (SSSR count). The van der Waals surface area contributed by atoms with Crippen LogP contribution in [-0.4, -0.2) is 54.6 Å². The lowest BCUT2D eigenvalue weighted by molar-refractivity contribution is -0.134. The molecular formula is C22H34N2O3. The number of amides is 1. The second kappa shape index (κ2) is 8.51. The second-order valence-corrected chi connectivity index (χ2v) is 8.91. The number of hydrogen-bond acceptors (Lipinski definition) is 4. The number of nitrogens with zero attached hydrogens (tertiary/aromatic N) is 2. The van der Waals surface area contributed by atoms with E-state index in [1.807, 2.05) is 12.1 Å². The summed E-state index contributed by atoms with van der Waals surface area (Å²) in [5, 5.41) is 0. The predicted octanol–water partition coefficient (Wildman–Crippen LogP) is 3.71. The fraction of sp³-hybridized carbons (Fsp3) is 0.682. The number of likely N-dealkylation sites (N-methyl/N-ethyl adjacent to an activating group) is 1. The van der Waals surface area contributed by atoms with Crippen molar-refractivity contribution in [2.24, 2.45) is 5.41 Å². The second-order valence-electron chi connectivity index (χ2n) is 8.91. The summed E-state index contributed by atoms with van der Waals surface area (Å²) in [6, 6.07) is 6.51. The Bertz CT molecular complexity index is 653. The van der Waals surface area contributed by atoms with E-state index in [1.165, 1.54) is 12.8 Å². The molecule has 150 valence electrons. The van der Waals surface area contributed by atoms with Gasteiger partial charge in [-0.3, -0.25) is 9.69 Å². The van der Waals surface area contributed by atoms with Gasteiger partial charge in [-0.05, 0) is 49.0 Å². The fourth-order valence-corrected chi connectivity index (χ4v) is 4.00. The van der Waals surface area contributed by atoms with Crippen molar-refractivity contribution in [2.45, 2.75) is 59.5 Å². The number of carbonyl (C=O) groups is 1. The number of hydrogen-bond donors (Lipinski definition) is 0. The van der Waals surface area contributed by atoms with Crippen molar-refractivity contribution < 1.29 is 14.3 Å². The van der Waals surface area contributed by atoms with Crippen molar-refractivity contribution in [1.82, 2.24) is 9.80 Å². The van der Waals surface area contributed by atoms with Gasteiger partial charge in [-0.25, -0.2) is 0 Å². The van der Waals surface area contributed by atoms with Gasteiger partial charge in [-0.15, -0.1) is 0 Å². The van der Waals surface area contributed by atoms with E-state index in [9.17, 15) is 4.79 Å². The van der Waals surface area contributed by atoms with Crippen molar-refractivity contribution >= 4 is 5.91 Å². The van der Waals surface area contributed by atoms with Crippen LogP contribution in [0, 0.1) is 5.41 Å². The molecule has 27 heavy (non-hydrogen) atoms. The van der Waals surface area contributed by atoms with Gasteiger partial charge >= 0.3 is 0 Å². The van der Waals surface area contributed by atoms with Gasteiger partial charge in [0.15, 0.2) is 11.5 Å². The summed E-state index contributed by atoms with van der Waals surface area (Å²) in [6.45, 7) is 13.4. The fourth-order valence-electron chi connectivity index (χ4n) is 4.00. The average Bonchev–Trinajstić information content (AvgIpc) is 3.07. The summed E-state index contributed by atoms with van der Waals surface area (Å²) in [5.41, 5.74) is 1.09. The monoisotopic (exact) mass is 374 g/mol. The van der Waals surface area contributed by atoms with Crippen LogP contribution in [0.3, 0.4) is 0 Å². The lowest BCUT2D eigenvalue weighted by Crippen LogP contribution is -2.43. The topological polar surface area (TPSA) is 42.0 Å². The third-order valence-corrected chi connectivity index (χ3v) is 5.35. The van der Waals surface area contributed by atoms with Gasteiger partial charge < -0.3 is 14.4 Å². The van der Waals surface area contributed by atoms with E-state index in [0.29, 0.717) is 32.2 Å². The minimum Gasteiger partial charge on any atom is -0.486 e. The molecule has 0 radical (unpaired) electrons. The zero-order valence-electron chi connectivity index (χ0n) is 17.3. The average molecular weight is 375 g/mol. The highest BCUT2D eigenvalue weighted by molar-refractivity contribution is 5.77. The molecule has 5 heteroatoms. The van der Waals surface area contributed by atoms with E-state index in [2.05, 4.69) is 43.6 Å². The molecule has 0 aromatic heterocycles. The van der Waals surface area contributed by atoms with Gasteiger partial charge in [0.25, 0.3) is 0 Å². The first-order valence-corrected chi connectivity index (χ1v) is 10.3. The number of carbonyl (C=O) groups excluding carboxylic acids is 1. The van der Waals surface area contributed by atoms with Crippen LogP contribution in [0.25, 0.3) is 0 Å². The Morgan fingerprint density at radius 2 is 1.96 bits per heavy atom. The van der Waals surface area contributed by atoms with Crippen molar-refractivity contribution in [3.63, 3.8) is 0 Å². The molecule has 0 saturated carbocycles. The quantitative estimate of drug-likeness (QED) is 0.761. The maximum absolute atomic E-state index is 13.1. The zero-order valence-corrected chi connectivity index (χ0v) is 17.3. The molecule has 1 aromatic carbocycles. The summed E-state index contributed by atoms with van der Waals surface area (Å²) in [4.78, 5) is 17.6. The van der Waals surface area contributed by atoms with E-state index in [1.54, 1.807) is 0 Å². The Morgan fingerprint density at radius 1 is 1.22 bits per heavy atom. The number of benzene rings is 1. The van der Waals surface area contributed by atoms with Crippen LogP contribution in [0.2, 0.25) is 0 Å². The SMILES string of the molecule is CCN1CCC[C@H]1CN(Cc1ccc2c(c1)OCCO2)C(=O)CC(C)(C)C. The lowest BCUT2D eigenvalue weighted by Gasteiger charge is -2.32. The largest absolute Gasteiger partial charge is 0.486 e. The Labute approximate surface area is 163 Å². The molecule has 2 aliphatic rings. The zero-order chi connectivity index (χ0) is 19.4. The molecule has 0 unspecified atom stereocenters. The molecule has 5 nitrogen and oxygen atoms in total. The molecule has 2 heterocycles. The number of likely N-dealkylation sites (tertiary alicyclic amines) is 1. The van der Waals surface area contributed by atoms with Crippen LogP contribution in [0.1, 0.15) is 52.5 Å². The molecule has 1 saturated heterocycles. The minimum absolute atomic E-state index is 0.0117. The van der Waals surface area contributed by atoms with Crippen LogP contribution >= 0.6 is 0 Å². The van der Waals surface area contributed by atoms with E-state index in [0.717, 1.165) is 36.7 Å². The highest BCUT2D eigenvalue weighted by atomic mass is 16.6. The first-order chi connectivity index (χ1) is 12.9. The van der Waals surface area contributed by atoms with Crippen LogP contribution in [0.4, 0.5) is 0 Å². The molecule has 0 spiro atoms. The maximum atomic E-state index is 13.1. The van der Waals surface area contributed by atoms with Crippen LogP contribution in [0.15, 0.2) is 18.2 Å². The standard InChI is InChI=1S/C22H34N2O3/c1-5-23-10-6-7-18(23)16-24(21(25)14-22(2,3)4)15-17-8-9-19-20(13-17)27-12-11-26-19/h8-9,13,18H,5-7,10-12,14-16H2,1-4H3/t18-/m0/s1. The molecule has 1 amide bonds. The maximum Gasteiger partial charge on any atom is 0.223 e. The van der Waals surface area contributed by atoms with Crippen LogP contribution in [0.5, 0.6) is 11.5 Å². The van der Waals surface area contributed by atoms with Gasteiger partial charge in [0.1, 0.15) is 13.2 Å². The molecular weight excluding hydrogens is 340 g/mol. The third kappa shape index (κ3) is 5.38. The van der Waals surface area contributed by atoms with Crippen molar-refractivity contribution in [2.75, 3.05) is 32.8 Å². The van der Waals surface area contributed by atoms with Gasteiger partial charge in [-0.2, -0.15) is 0 Å². The number of ether oxygens (including phenoxy) is 2. The molecule has 1 aromatic rings. The lowest BCUT2D eigenvalue weighted by atomic mass is 9.91. The summed E-state index contributed by atoms with van der Waals surface area (Å²) in [6.07, 6.45) is 2.97. The molecule has 0 N–H and O–H groups in total. The van der Waals surface area contributed by atoms with Crippen LogP contribution in [-0.2, 0) is 11.3 Å².